The van der Waals surface area contributed by atoms with Crippen molar-refractivity contribution in [3.05, 3.63) is 47.4 Å². The topological polar surface area (TPSA) is 153 Å². The number of aliphatic carboxylic acids is 1. The number of unbranched alkanes of at least 4 members (excludes halogenated alkanes) is 1. The molecule has 1 aromatic rings. The average Bonchev–Trinajstić information content (AvgIpc) is 3.23. The third-order valence-electron chi connectivity index (χ3n) is 5.36. The van der Waals surface area contributed by atoms with Crippen molar-refractivity contribution in [3.8, 4) is 0 Å². The summed E-state index contributed by atoms with van der Waals surface area (Å²) in [7, 11) is -3.90. The van der Waals surface area contributed by atoms with Crippen LogP contribution in [0.2, 0.25) is 0 Å². The highest BCUT2D eigenvalue weighted by molar-refractivity contribution is 7.68. The maximum atomic E-state index is 13.2. The van der Waals surface area contributed by atoms with Crippen molar-refractivity contribution in [2.24, 2.45) is 11.7 Å². The molecule has 1 heterocycles. The molecule has 0 fully saturated rings. The van der Waals surface area contributed by atoms with Crippen LogP contribution >= 0.6 is 7.72 Å². The minimum absolute atomic E-state index is 0.0657. The molecule has 2 atom stereocenters. The number of nitrogens with one attached hydrogen (secondary N) is 1. The van der Waals surface area contributed by atoms with E-state index in [2.05, 4.69) is 5.32 Å². The molecule has 32 heavy (non-hydrogen) atoms. The van der Waals surface area contributed by atoms with Crippen molar-refractivity contribution < 1.29 is 29.3 Å². The standard InChI is InChI=1S/C22H32N3O6P/c1-16(26)24-19(10-5-6-12-23)21(27)25-13-7-11-20(25)32(30,31)15-18(22(28)29)14-17-8-3-2-4-9-17/h2-4,8-9,11,18-19,30-31H,5-7,10,12-15,23H2,1H3,(H-,24,26,28,29)/p+1. The van der Waals surface area contributed by atoms with Gasteiger partial charge in [0, 0.05) is 13.5 Å². The van der Waals surface area contributed by atoms with Gasteiger partial charge in [-0.25, -0.2) is 9.79 Å². The monoisotopic (exact) mass is 466 g/mol. The van der Waals surface area contributed by atoms with Gasteiger partial charge in [-0.15, -0.1) is 0 Å². The van der Waals surface area contributed by atoms with Gasteiger partial charge in [-0.05, 0) is 50.3 Å². The molecule has 1 aromatic carbocycles. The number of carboxylic acid groups (broad SMARTS) is 1. The number of carbonyl (C=O) groups excluding carboxylic acids is 2. The molecule has 0 radical (unpaired) electrons. The molecule has 10 heteroatoms. The van der Waals surface area contributed by atoms with E-state index in [1.807, 2.05) is 6.07 Å². The van der Waals surface area contributed by atoms with E-state index in [0.717, 1.165) is 5.56 Å². The summed E-state index contributed by atoms with van der Waals surface area (Å²) >= 11 is 0. The number of rotatable bonds is 12. The zero-order valence-electron chi connectivity index (χ0n) is 18.3. The lowest BCUT2D eigenvalue weighted by molar-refractivity contribution is -0.141. The summed E-state index contributed by atoms with van der Waals surface area (Å²) in [4.78, 5) is 59.8. The number of carboxylic acids is 1. The van der Waals surface area contributed by atoms with E-state index in [4.69, 9.17) is 5.73 Å². The first-order valence-corrected chi connectivity index (χ1v) is 12.6. The third-order valence-corrected chi connectivity index (χ3v) is 7.47. The van der Waals surface area contributed by atoms with Crippen LogP contribution in [-0.2, 0) is 20.8 Å². The molecule has 2 unspecified atom stereocenters. The van der Waals surface area contributed by atoms with Crippen molar-refractivity contribution >= 4 is 25.5 Å². The first-order chi connectivity index (χ1) is 15.2. The molecule has 2 rings (SSSR count). The normalized spacial score (nSPS) is 15.8. The zero-order chi connectivity index (χ0) is 23.7. The summed E-state index contributed by atoms with van der Waals surface area (Å²) in [5.74, 6) is -2.93. The summed E-state index contributed by atoms with van der Waals surface area (Å²) in [5, 5.41) is 12.3. The second-order valence-electron chi connectivity index (χ2n) is 8.02. The zero-order valence-corrected chi connectivity index (χ0v) is 19.2. The number of nitrogens with zero attached hydrogens (tertiary/aromatic N) is 1. The van der Waals surface area contributed by atoms with E-state index in [0.29, 0.717) is 32.2 Å². The molecule has 0 saturated heterocycles. The molecule has 0 bridgehead atoms. The van der Waals surface area contributed by atoms with Crippen LogP contribution in [0.15, 0.2) is 41.8 Å². The fourth-order valence-corrected chi connectivity index (χ4v) is 5.92. The quantitative estimate of drug-likeness (QED) is 0.231. The van der Waals surface area contributed by atoms with Crippen LogP contribution in [0.3, 0.4) is 0 Å². The van der Waals surface area contributed by atoms with E-state index in [1.54, 1.807) is 30.3 Å². The van der Waals surface area contributed by atoms with Gasteiger partial charge in [0.05, 0.1) is 5.92 Å². The summed E-state index contributed by atoms with van der Waals surface area (Å²) < 4.78 is 0. The smallest absolute Gasteiger partial charge is 0.317 e. The highest BCUT2D eigenvalue weighted by Gasteiger charge is 2.50. The number of nitrogens with two attached hydrogens (primary N) is 1. The Kier molecular flexibility index (Phi) is 9.78. The van der Waals surface area contributed by atoms with Gasteiger partial charge in [-0.1, -0.05) is 30.3 Å². The van der Waals surface area contributed by atoms with E-state index in [-0.39, 0.29) is 30.5 Å². The molecule has 2 amide bonds. The maximum absolute atomic E-state index is 13.2. The van der Waals surface area contributed by atoms with Crippen LogP contribution in [0.25, 0.3) is 0 Å². The molecule has 1 aliphatic heterocycles. The van der Waals surface area contributed by atoms with Gasteiger partial charge in [0.1, 0.15) is 12.2 Å². The maximum Gasteiger partial charge on any atom is 0.317 e. The Bertz CT molecular complexity index is 830. The molecule has 6 N–H and O–H groups in total. The molecular weight excluding hydrogens is 433 g/mol. The Morgan fingerprint density at radius 1 is 1.19 bits per heavy atom. The lowest BCUT2D eigenvalue weighted by Gasteiger charge is -2.28. The lowest BCUT2D eigenvalue weighted by Crippen LogP contribution is -2.47. The summed E-state index contributed by atoms with van der Waals surface area (Å²) in [6.07, 6.45) is 3.50. The second kappa shape index (κ2) is 12.1. The van der Waals surface area contributed by atoms with Gasteiger partial charge in [-0.3, -0.25) is 19.3 Å². The Morgan fingerprint density at radius 2 is 1.88 bits per heavy atom. The molecule has 9 nitrogen and oxygen atoms in total. The molecule has 0 spiro atoms. The van der Waals surface area contributed by atoms with Gasteiger partial charge in [0.15, 0.2) is 0 Å². The minimum atomic E-state index is -3.90. The Labute approximate surface area is 188 Å². The van der Waals surface area contributed by atoms with Crippen LogP contribution in [0.4, 0.5) is 0 Å². The molecule has 0 aliphatic carbocycles. The van der Waals surface area contributed by atoms with Crippen LogP contribution in [0.5, 0.6) is 0 Å². The molecular formula is C22H33N3O6P+. The number of hydrogen-bond donors (Lipinski definition) is 5. The highest BCUT2D eigenvalue weighted by atomic mass is 31.2. The number of benzene rings is 1. The average molecular weight is 466 g/mol. The van der Waals surface area contributed by atoms with Gasteiger partial charge in [0.2, 0.25) is 11.3 Å². The van der Waals surface area contributed by atoms with Crippen molar-refractivity contribution in [2.75, 3.05) is 19.3 Å². The first kappa shape index (κ1) is 25.9. The van der Waals surface area contributed by atoms with Crippen molar-refractivity contribution in [1.29, 1.82) is 0 Å². The van der Waals surface area contributed by atoms with Gasteiger partial charge in [-0.2, -0.15) is 0 Å². The second-order valence-corrected chi connectivity index (χ2v) is 10.3. The predicted molar refractivity (Wildman–Crippen MR) is 122 cm³/mol. The molecule has 0 saturated carbocycles. The Hall–Kier alpha value is -2.32. The Morgan fingerprint density at radius 3 is 2.47 bits per heavy atom. The fourth-order valence-electron chi connectivity index (χ4n) is 3.82. The van der Waals surface area contributed by atoms with Gasteiger partial charge in [0.25, 0.3) is 5.91 Å². The van der Waals surface area contributed by atoms with Crippen molar-refractivity contribution in [2.45, 2.75) is 45.1 Å². The first-order valence-electron chi connectivity index (χ1n) is 10.7. The fraction of sp³-hybridized carbons (Fsp3) is 0.500. The third kappa shape index (κ3) is 7.38. The highest BCUT2D eigenvalue weighted by Crippen LogP contribution is 2.61. The van der Waals surface area contributed by atoms with E-state index < -0.39 is 31.6 Å². The van der Waals surface area contributed by atoms with Gasteiger partial charge < -0.3 is 16.2 Å². The lowest BCUT2D eigenvalue weighted by atomic mass is 10.0. The molecule has 1 aliphatic rings. The van der Waals surface area contributed by atoms with Crippen molar-refractivity contribution in [1.82, 2.24) is 10.2 Å². The number of amides is 2. The Balaban J connectivity index is 2.16. The predicted octanol–water partition coefficient (Wildman–Crippen LogP) is 1.47. The van der Waals surface area contributed by atoms with Crippen molar-refractivity contribution in [3.63, 3.8) is 0 Å². The summed E-state index contributed by atoms with van der Waals surface area (Å²) in [5.41, 5.74) is 6.36. The van der Waals surface area contributed by atoms with Crippen LogP contribution in [-0.4, -0.2) is 62.9 Å². The molecule has 176 valence electrons. The number of carbonyl (C=O) groups is 3. The van der Waals surface area contributed by atoms with Crippen LogP contribution < -0.4 is 11.1 Å². The van der Waals surface area contributed by atoms with E-state index in [9.17, 15) is 29.3 Å². The minimum Gasteiger partial charge on any atom is -0.481 e. The van der Waals surface area contributed by atoms with Gasteiger partial charge >= 0.3 is 13.7 Å². The van der Waals surface area contributed by atoms with E-state index in [1.165, 1.54) is 11.8 Å². The largest absolute Gasteiger partial charge is 0.481 e. The van der Waals surface area contributed by atoms with Crippen LogP contribution in [0.1, 0.15) is 38.2 Å². The summed E-state index contributed by atoms with van der Waals surface area (Å²) in [6.45, 7) is 2.04. The SMILES string of the molecule is CC(=O)NC(CCCCN)C(=O)N1CCC=C1[P+](O)(O)CC(Cc1ccccc1)C(=O)O. The van der Waals surface area contributed by atoms with Crippen LogP contribution in [0, 0.1) is 5.92 Å². The molecule has 0 aromatic heterocycles. The summed E-state index contributed by atoms with van der Waals surface area (Å²) in [6, 6.07) is 8.17. The van der Waals surface area contributed by atoms with E-state index >= 15 is 0 Å². The number of hydrogen-bond acceptors (Lipinski definition) is 6.